The summed E-state index contributed by atoms with van der Waals surface area (Å²) in [5.41, 5.74) is 0. The fourth-order valence-electron chi connectivity index (χ4n) is 1.50. The van der Waals surface area contributed by atoms with Crippen LogP contribution in [0.4, 0.5) is 0 Å². The maximum Gasteiger partial charge on any atom is 0.328 e. The molecule has 0 rings (SSSR count). The molecule has 0 aliphatic heterocycles. The lowest BCUT2D eigenvalue weighted by Crippen LogP contribution is -2.46. The molecule has 0 unspecified atom stereocenters. The molecule has 0 fully saturated rings. The number of allylic oxidation sites excluding steroid dienone is 1. The average molecular weight is 257 g/mol. The van der Waals surface area contributed by atoms with Gasteiger partial charge in [-0.05, 0) is 25.2 Å². The molecule has 0 bridgehead atoms. The smallest absolute Gasteiger partial charge is 0.328 e. The van der Waals surface area contributed by atoms with Crippen molar-refractivity contribution in [3.63, 3.8) is 0 Å². The Morgan fingerprint density at radius 1 is 1.44 bits per heavy atom. The fourth-order valence-corrected chi connectivity index (χ4v) is 1.50. The molecule has 0 aromatic rings. The molecule has 5 heteroatoms. The zero-order valence-corrected chi connectivity index (χ0v) is 11.3. The Labute approximate surface area is 108 Å². The molecule has 0 aliphatic rings. The van der Waals surface area contributed by atoms with E-state index in [1.54, 1.807) is 6.08 Å². The highest BCUT2D eigenvalue weighted by molar-refractivity contribution is 5.86. The van der Waals surface area contributed by atoms with Crippen LogP contribution in [0.15, 0.2) is 12.7 Å². The molecular weight excluding hydrogens is 234 g/mol. The molecule has 2 N–H and O–H groups in total. The van der Waals surface area contributed by atoms with E-state index in [-0.39, 0.29) is 5.92 Å². The number of aliphatic hydroxyl groups excluding tert-OH is 1. The van der Waals surface area contributed by atoms with Gasteiger partial charge in [-0.3, -0.25) is 4.79 Å². The molecule has 0 aliphatic carbocycles. The molecule has 104 valence electrons. The van der Waals surface area contributed by atoms with E-state index in [0.717, 1.165) is 0 Å². The number of ether oxygens (including phenoxy) is 1. The quantitative estimate of drug-likeness (QED) is 0.503. The van der Waals surface area contributed by atoms with Crippen LogP contribution in [0.5, 0.6) is 0 Å². The van der Waals surface area contributed by atoms with Crippen LogP contribution in [-0.2, 0) is 14.3 Å². The maximum absolute atomic E-state index is 11.7. The van der Waals surface area contributed by atoms with Crippen LogP contribution in [0.1, 0.15) is 33.1 Å². The predicted octanol–water partition coefficient (Wildman–Crippen LogP) is 1.02. The Hall–Kier alpha value is -1.36. The lowest BCUT2D eigenvalue weighted by atomic mass is 10.0. The highest BCUT2D eigenvalue weighted by atomic mass is 16.5. The molecule has 18 heavy (non-hydrogen) atoms. The largest absolute Gasteiger partial charge is 0.467 e. The van der Waals surface area contributed by atoms with Gasteiger partial charge in [0.25, 0.3) is 0 Å². The molecule has 5 nitrogen and oxygen atoms in total. The molecule has 2 atom stereocenters. The van der Waals surface area contributed by atoms with E-state index < -0.39 is 24.0 Å². The Bertz CT molecular complexity index is 289. The third-order valence-corrected chi connectivity index (χ3v) is 2.46. The lowest BCUT2D eigenvalue weighted by Gasteiger charge is -2.19. The number of nitrogens with one attached hydrogen (secondary N) is 1. The Kier molecular flexibility index (Phi) is 8.03. The van der Waals surface area contributed by atoms with Gasteiger partial charge in [-0.2, -0.15) is 0 Å². The first kappa shape index (κ1) is 16.6. The summed E-state index contributed by atoms with van der Waals surface area (Å²) in [5.74, 6) is -0.847. The third-order valence-electron chi connectivity index (χ3n) is 2.46. The predicted molar refractivity (Wildman–Crippen MR) is 68.8 cm³/mol. The lowest BCUT2D eigenvalue weighted by molar-refractivity contribution is -0.146. The van der Waals surface area contributed by atoms with Gasteiger partial charge in [-0.1, -0.05) is 19.9 Å². The number of amides is 1. The van der Waals surface area contributed by atoms with E-state index in [1.165, 1.54) is 7.11 Å². The van der Waals surface area contributed by atoms with Gasteiger partial charge in [0.15, 0.2) is 0 Å². The van der Waals surface area contributed by atoms with Crippen LogP contribution in [0.25, 0.3) is 0 Å². The second-order valence-electron chi connectivity index (χ2n) is 4.60. The summed E-state index contributed by atoms with van der Waals surface area (Å²) in [5, 5.41) is 12.1. The highest BCUT2D eigenvalue weighted by Crippen LogP contribution is 2.06. The molecule has 0 aromatic heterocycles. The first-order chi connectivity index (χ1) is 8.42. The van der Waals surface area contributed by atoms with Gasteiger partial charge in [0.05, 0.1) is 7.11 Å². The molecule has 1 amide bonds. The van der Waals surface area contributed by atoms with E-state index >= 15 is 0 Å². The number of carbonyl (C=O) groups is 2. The van der Waals surface area contributed by atoms with E-state index in [2.05, 4.69) is 16.6 Å². The summed E-state index contributed by atoms with van der Waals surface area (Å²) in [7, 11) is 1.26. The second-order valence-corrected chi connectivity index (χ2v) is 4.60. The van der Waals surface area contributed by atoms with E-state index in [4.69, 9.17) is 0 Å². The van der Waals surface area contributed by atoms with Gasteiger partial charge in [0.1, 0.15) is 12.1 Å². The van der Waals surface area contributed by atoms with Gasteiger partial charge in [-0.25, -0.2) is 4.79 Å². The van der Waals surface area contributed by atoms with Gasteiger partial charge in [0, 0.05) is 0 Å². The Balaban J connectivity index is 4.41. The summed E-state index contributed by atoms with van der Waals surface area (Å²) >= 11 is 0. The van der Waals surface area contributed by atoms with Crippen molar-refractivity contribution in [3.8, 4) is 0 Å². The van der Waals surface area contributed by atoms with Crippen molar-refractivity contribution >= 4 is 11.9 Å². The normalized spacial score (nSPS) is 13.8. The summed E-state index contributed by atoms with van der Waals surface area (Å²) in [6.07, 6.45) is 1.92. The molecule has 0 radical (unpaired) electrons. The zero-order chi connectivity index (χ0) is 14.1. The fraction of sp³-hybridized carbons (Fsp3) is 0.692. The van der Waals surface area contributed by atoms with Crippen LogP contribution >= 0.6 is 0 Å². The van der Waals surface area contributed by atoms with Crippen LogP contribution < -0.4 is 5.32 Å². The van der Waals surface area contributed by atoms with Crippen molar-refractivity contribution in [2.75, 3.05) is 7.11 Å². The van der Waals surface area contributed by atoms with Crippen molar-refractivity contribution in [1.29, 1.82) is 0 Å². The minimum absolute atomic E-state index is 0.204. The van der Waals surface area contributed by atoms with E-state index in [9.17, 15) is 14.7 Å². The number of hydrogen-bond donors (Lipinski definition) is 2. The molecular formula is C13H23NO4. The van der Waals surface area contributed by atoms with Crippen LogP contribution in [0.2, 0.25) is 0 Å². The summed E-state index contributed by atoms with van der Waals surface area (Å²) in [6, 6.07) is -0.734. The highest BCUT2D eigenvalue weighted by Gasteiger charge is 2.24. The van der Waals surface area contributed by atoms with Gasteiger partial charge in [-0.15, -0.1) is 6.58 Å². The summed E-state index contributed by atoms with van der Waals surface area (Å²) in [6.45, 7) is 7.37. The van der Waals surface area contributed by atoms with E-state index in [1.807, 2.05) is 13.8 Å². The first-order valence-electron chi connectivity index (χ1n) is 6.09. The maximum atomic E-state index is 11.7. The van der Waals surface area contributed by atoms with Crippen LogP contribution in [-0.4, -0.2) is 36.2 Å². The topological polar surface area (TPSA) is 75.6 Å². The van der Waals surface area contributed by atoms with Gasteiger partial charge >= 0.3 is 5.97 Å². The van der Waals surface area contributed by atoms with Crippen molar-refractivity contribution in [3.05, 3.63) is 12.7 Å². The van der Waals surface area contributed by atoms with Crippen molar-refractivity contribution in [2.45, 2.75) is 45.3 Å². The standard InChI is InChI=1S/C13H23NO4/c1-5-6-7-10(13(17)18-4)14-12(16)11(15)8-9(2)3/h5,9-11,15H,1,6-8H2,2-4H3,(H,14,16)/t10-,11+/m1/s1. The van der Waals surface area contributed by atoms with Gasteiger partial charge in [0.2, 0.25) is 5.91 Å². The number of carbonyl (C=O) groups excluding carboxylic acids is 2. The van der Waals surface area contributed by atoms with Crippen molar-refractivity contribution < 1.29 is 19.4 Å². The molecule has 0 heterocycles. The number of methoxy groups -OCH3 is 1. The van der Waals surface area contributed by atoms with Crippen LogP contribution in [0.3, 0.4) is 0 Å². The molecule has 0 saturated carbocycles. The van der Waals surface area contributed by atoms with Gasteiger partial charge < -0.3 is 15.2 Å². The Morgan fingerprint density at radius 2 is 2.06 bits per heavy atom. The number of esters is 1. The van der Waals surface area contributed by atoms with Crippen LogP contribution in [0, 0.1) is 5.92 Å². The molecule has 0 saturated heterocycles. The number of aliphatic hydroxyl groups is 1. The zero-order valence-electron chi connectivity index (χ0n) is 11.3. The first-order valence-corrected chi connectivity index (χ1v) is 6.09. The van der Waals surface area contributed by atoms with Crippen molar-refractivity contribution in [2.24, 2.45) is 5.92 Å². The number of hydrogen-bond acceptors (Lipinski definition) is 4. The monoisotopic (exact) mass is 257 g/mol. The second kappa shape index (κ2) is 8.69. The molecule has 0 spiro atoms. The van der Waals surface area contributed by atoms with Crippen molar-refractivity contribution in [1.82, 2.24) is 5.32 Å². The number of rotatable bonds is 8. The SMILES string of the molecule is C=CCC[C@@H](NC(=O)[C@@H](O)CC(C)C)C(=O)OC. The Morgan fingerprint density at radius 3 is 2.50 bits per heavy atom. The summed E-state index contributed by atoms with van der Waals surface area (Å²) in [4.78, 5) is 23.1. The molecule has 0 aromatic carbocycles. The average Bonchev–Trinajstić information content (AvgIpc) is 2.32. The minimum Gasteiger partial charge on any atom is -0.467 e. The summed E-state index contributed by atoms with van der Waals surface area (Å²) < 4.78 is 4.60. The minimum atomic E-state index is -1.10. The third kappa shape index (κ3) is 6.39. The van der Waals surface area contributed by atoms with E-state index in [0.29, 0.717) is 19.3 Å².